The third-order valence-electron chi connectivity index (χ3n) is 7.65. The third-order valence-corrected chi connectivity index (χ3v) is 9.80. The van der Waals surface area contributed by atoms with Gasteiger partial charge in [-0.25, -0.2) is 17.1 Å². The number of halogens is 2. The Morgan fingerprint density at radius 2 is 1.41 bits per heavy atom. The standard InChI is InChI=1S/C31H33ClFNO6S/c1-20-25(12-6-13-28(20)33)29-26(30(35)21-8-4-10-23(16-21)39-2)18-34(41(37,38)15-7-14-32)19-27(29)31(36)22-9-5-11-24(17-22)40-3/h4-6,8-13,16-17,26-27,29H,7,14-15,18-19H2,1-3H3/t26-,27+,29+. The summed E-state index contributed by atoms with van der Waals surface area (Å²) >= 11 is 5.81. The van der Waals surface area contributed by atoms with Gasteiger partial charge in [-0.2, -0.15) is 0 Å². The molecule has 3 atom stereocenters. The summed E-state index contributed by atoms with van der Waals surface area (Å²) in [7, 11) is -0.905. The maximum absolute atomic E-state index is 14.9. The first-order valence-electron chi connectivity index (χ1n) is 13.3. The highest BCUT2D eigenvalue weighted by Crippen LogP contribution is 2.43. The molecule has 218 valence electrons. The highest BCUT2D eigenvalue weighted by Gasteiger charge is 2.48. The van der Waals surface area contributed by atoms with Gasteiger partial charge in [-0.3, -0.25) is 9.59 Å². The Kier molecular flexibility index (Phi) is 9.84. The van der Waals surface area contributed by atoms with E-state index in [4.69, 9.17) is 21.1 Å². The number of alkyl halides is 1. The van der Waals surface area contributed by atoms with E-state index in [0.717, 1.165) is 0 Å². The Morgan fingerprint density at radius 1 is 0.902 bits per heavy atom. The number of hydrogen-bond acceptors (Lipinski definition) is 6. The average molecular weight is 602 g/mol. The van der Waals surface area contributed by atoms with Gasteiger partial charge < -0.3 is 9.47 Å². The van der Waals surface area contributed by atoms with Gasteiger partial charge in [-0.05, 0) is 54.8 Å². The van der Waals surface area contributed by atoms with Crippen molar-refractivity contribution in [2.75, 3.05) is 38.9 Å². The number of sulfonamides is 1. The zero-order valence-electron chi connectivity index (χ0n) is 23.2. The smallest absolute Gasteiger partial charge is 0.214 e. The molecule has 41 heavy (non-hydrogen) atoms. The second kappa shape index (κ2) is 13.1. The molecule has 0 unspecified atom stereocenters. The first-order chi connectivity index (χ1) is 19.6. The van der Waals surface area contributed by atoms with Gasteiger partial charge in [-0.1, -0.05) is 36.4 Å². The first kappa shape index (κ1) is 30.7. The summed E-state index contributed by atoms with van der Waals surface area (Å²) in [4.78, 5) is 28.4. The van der Waals surface area contributed by atoms with Crippen LogP contribution in [0.25, 0.3) is 0 Å². The minimum absolute atomic E-state index is 0.149. The number of Topliss-reactive ketones (excluding diaryl/α,β-unsaturated/α-hetero) is 2. The van der Waals surface area contributed by atoms with E-state index in [1.165, 1.54) is 24.6 Å². The summed E-state index contributed by atoms with van der Waals surface area (Å²) in [6.45, 7) is 1.28. The lowest BCUT2D eigenvalue weighted by Gasteiger charge is -2.43. The van der Waals surface area contributed by atoms with Gasteiger partial charge >= 0.3 is 0 Å². The molecule has 1 aliphatic rings. The molecule has 0 amide bonds. The van der Waals surface area contributed by atoms with Gasteiger partial charge in [0.05, 0.1) is 20.0 Å². The van der Waals surface area contributed by atoms with Crippen LogP contribution in [0.15, 0.2) is 66.7 Å². The molecule has 7 nitrogen and oxygen atoms in total. The Morgan fingerprint density at radius 3 is 1.90 bits per heavy atom. The number of ketones is 2. The van der Waals surface area contributed by atoms with Crippen LogP contribution in [0.2, 0.25) is 0 Å². The minimum atomic E-state index is -3.87. The topological polar surface area (TPSA) is 90.0 Å². The van der Waals surface area contributed by atoms with E-state index < -0.39 is 33.6 Å². The van der Waals surface area contributed by atoms with Crippen molar-refractivity contribution in [3.8, 4) is 11.5 Å². The molecule has 0 aliphatic carbocycles. The molecule has 0 radical (unpaired) electrons. The molecule has 1 aliphatic heterocycles. The van der Waals surface area contributed by atoms with Crippen LogP contribution in [0.4, 0.5) is 4.39 Å². The number of ether oxygens (including phenoxy) is 2. The van der Waals surface area contributed by atoms with Crippen molar-refractivity contribution in [2.45, 2.75) is 19.3 Å². The fourth-order valence-electron chi connectivity index (χ4n) is 5.51. The predicted octanol–water partition coefficient (Wildman–Crippen LogP) is 5.51. The van der Waals surface area contributed by atoms with Crippen molar-refractivity contribution in [2.24, 2.45) is 11.8 Å². The van der Waals surface area contributed by atoms with Crippen LogP contribution in [0.5, 0.6) is 11.5 Å². The molecule has 3 aromatic carbocycles. The van der Waals surface area contributed by atoms with Crippen molar-refractivity contribution in [3.05, 3.63) is 94.8 Å². The van der Waals surface area contributed by atoms with E-state index >= 15 is 0 Å². The molecule has 0 saturated carbocycles. The van der Waals surface area contributed by atoms with Crippen LogP contribution in [0.1, 0.15) is 44.2 Å². The summed E-state index contributed by atoms with van der Waals surface area (Å²) in [6.07, 6.45) is 0.218. The maximum atomic E-state index is 14.9. The molecule has 4 rings (SSSR count). The molecule has 0 aromatic heterocycles. The first-order valence-corrected chi connectivity index (χ1v) is 15.4. The monoisotopic (exact) mass is 601 g/mol. The lowest BCUT2D eigenvalue weighted by Crippen LogP contribution is -2.52. The average Bonchev–Trinajstić information content (AvgIpc) is 3.00. The fourth-order valence-corrected chi connectivity index (χ4v) is 7.34. The molecule has 0 spiro atoms. The van der Waals surface area contributed by atoms with Crippen LogP contribution >= 0.6 is 11.6 Å². The van der Waals surface area contributed by atoms with Crippen molar-refractivity contribution in [1.82, 2.24) is 4.31 Å². The van der Waals surface area contributed by atoms with Gasteiger partial charge in [-0.15, -0.1) is 11.6 Å². The van der Waals surface area contributed by atoms with Gasteiger partial charge in [0, 0.05) is 47.9 Å². The van der Waals surface area contributed by atoms with Crippen molar-refractivity contribution >= 4 is 33.2 Å². The second-order valence-electron chi connectivity index (χ2n) is 10.1. The number of piperidine rings is 1. The summed E-state index contributed by atoms with van der Waals surface area (Å²) in [5.74, 6) is -3.12. The SMILES string of the molecule is COc1cccc(C(=O)[C@H]2CN(S(=O)(=O)CCCCl)C[C@@H](C(=O)c3cccc(OC)c3)[C@@H]2c2cccc(F)c2C)c1. The lowest BCUT2D eigenvalue weighted by atomic mass is 9.68. The van der Waals surface area contributed by atoms with Crippen LogP contribution in [-0.2, 0) is 10.0 Å². The van der Waals surface area contributed by atoms with E-state index in [1.54, 1.807) is 67.6 Å². The third kappa shape index (κ3) is 6.63. The normalized spacial score (nSPS) is 19.5. The number of hydrogen-bond donors (Lipinski definition) is 0. The summed E-state index contributed by atoms with van der Waals surface area (Å²) in [5.41, 5.74) is 1.41. The van der Waals surface area contributed by atoms with Gasteiger partial charge in [0.1, 0.15) is 17.3 Å². The number of rotatable bonds is 11. The molecular formula is C31H33ClFNO6S. The number of carbonyl (C=O) groups excluding carboxylic acids is 2. The molecule has 3 aromatic rings. The van der Waals surface area contributed by atoms with Gasteiger partial charge in [0.2, 0.25) is 10.0 Å². The minimum Gasteiger partial charge on any atom is -0.497 e. The van der Waals surface area contributed by atoms with E-state index in [1.807, 2.05) is 0 Å². The number of methoxy groups -OCH3 is 2. The van der Waals surface area contributed by atoms with Gasteiger partial charge in [0.25, 0.3) is 0 Å². The van der Waals surface area contributed by atoms with Crippen molar-refractivity contribution < 1.29 is 31.9 Å². The van der Waals surface area contributed by atoms with E-state index in [-0.39, 0.29) is 42.7 Å². The molecule has 10 heteroatoms. The molecule has 1 saturated heterocycles. The van der Waals surface area contributed by atoms with E-state index in [9.17, 15) is 22.4 Å². The number of benzene rings is 3. The second-order valence-corrected chi connectivity index (χ2v) is 12.5. The predicted molar refractivity (Wildman–Crippen MR) is 156 cm³/mol. The quantitative estimate of drug-likeness (QED) is 0.213. The molecular weight excluding hydrogens is 569 g/mol. The Balaban J connectivity index is 1.91. The Hall–Kier alpha value is -3.27. The molecule has 0 bridgehead atoms. The summed E-state index contributed by atoms with van der Waals surface area (Å²) in [6, 6.07) is 17.7. The maximum Gasteiger partial charge on any atom is 0.214 e. The largest absolute Gasteiger partial charge is 0.497 e. The molecule has 1 heterocycles. The zero-order valence-corrected chi connectivity index (χ0v) is 24.8. The van der Waals surface area contributed by atoms with Gasteiger partial charge in [0.15, 0.2) is 11.6 Å². The van der Waals surface area contributed by atoms with Crippen LogP contribution in [0, 0.1) is 24.6 Å². The Bertz CT molecular complexity index is 1460. The number of carbonyl (C=O) groups is 2. The zero-order chi connectivity index (χ0) is 29.7. The highest BCUT2D eigenvalue weighted by molar-refractivity contribution is 7.89. The lowest BCUT2D eigenvalue weighted by molar-refractivity contribution is 0.0694. The summed E-state index contributed by atoms with van der Waals surface area (Å²) < 4.78 is 53.7. The van der Waals surface area contributed by atoms with Crippen LogP contribution in [0.3, 0.4) is 0 Å². The molecule has 0 N–H and O–H groups in total. The molecule has 1 fully saturated rings. The van der Waals surface area contributed by atoms with Crippen molar-refractivity contribution in [1.29, 1.82) is 0 Å². The van der Waals surface area contributed by atoms with E-state index in [0.29, 0.717) is 33.8 Å². The van der Waals surface area contributed by atoms with E-state index in [2.05, 4.69) is 0 Å². The number of nitrogens with zero attached hydrogens (tertiary/aromatic N) is 1. The highest BCUT2D eigenvalue weighted by atomic mass is 35.5. The van der Waals surface area contributed by atoms with Crippen LogP contribution < -0.4 is 9.47 Å². The summed E-state index contributed by atoms with van der Waals surface area (Å²) in [5, 5.41) is 0. The Labute approximate surface area is 245 Å². The fraction of sp³-hybridized carbons (Fsp3) is 0.355. The van der Waals surface area contributed by atoms with Crippen molar-refractivity contribution in [3.63, 3.8) is 0 Å². The van der Waals surface area contributed by atoms with Crippen LogP contribution in [-0.4, -0.2) is 63.2 Å².